The fourth-order valence-corrected chi connectivity index (χ4v) is 10.3. The van der Waals surface area contributed by atoms with Gasteiger partial charge in [-0.1, -0.05) is 101 Å². The number of thioether (sulfide) groups is 1. The minimum absolute atomic E-state index is 0.878. The molecule has 5 heteroatoms. The maximum atomic E-state index is 4.66. The molecule has 0 N–H and O–H groups in total. The van der Waals surface area contributed by atoms with Crippen LogP contribution in [0.5, 0.6) is 0 Å². The SMILES string of the molecule is CCCCCCCCCCCCSCCCc1ccc2c(c1)sc1c3ccc(C#Cc4nc5ccccc5s4)cc3sc21. The number of hydrogen-bond donors (Lipinski definition) is 0. The van der Waals surface area contributed by atoms with E-state index in [1.165, 1.54) is 128 Å². The van der Waals surface area contributed by atoms with Gasteiger partial charge in [-0.25, -0.2) is 4.98 Å². The Bertz CT molecular complexity index is 1810. The molecule has 0 bridgehead atoms. The minimum Gasteiger partial charge on any atom is -0.228 e. The summed E-state index contributed by atoms with van der Waals surface area (Å²) in [5, 5.41) is 3.64. The summed E-state index contributed by atoms with van der Waals surface area (Å²) in [4.78, 5) is 4.66. The van der Waals surface area contributed by atoms with Crippen LogP contribution in [0.1, 0.15) is 93.7 Å². The molecule has 6 aromatic rings. The van der Waals surface area contributed by atoms with E-state index in [9.17, 15) is 0 Å². The lowest BCUT2D eigenvalue weighted by molar-refractivity contribution is 0.563. The lowest BCUT2D eigenvalue weighted by Gasteiger charge is -2.04. The molecule has 3 heterocycles. The average Bonchev–Trinajstić information content (AvgIpc) is 3.71. The number of unbranched alkanes of at least 4 members (excludes halogenated alkanes) is 9. The molecule has 0 aliphatic carbocycles. The first-order valence-electron chi connectivity index (χ1n) is 16.1. The third kappa shape index (κ3) is 8.03. The minimum atomic E-state index is 0.878. The van der Waals surface area contributed by atoms with Gasteiger partial charge < -0.3 is 0 Å². The van der Waals surface area contributed by atoms with Crippen molar-refractivity contribution in [1.82, 2.24) is 4.98 Å². The van der Waals surface area contributed by atoms with Gasteiger partial charge in [-0.2, -0.15) is 11.8 Å². The van der Waals surface area contributed by atoms with Crippen molar-refractivity contribution in [3.63, 3.8) is 0 Å². The molecule has 43 heavy (non-hydrogen) atoms. The van der Waals surface area contributed by atoms with Gasteiger partial charge in [0.1, 0.15) is 0 Å². The van der Waals surface area contributed by atoms with E-state index < -0.39 is 0 Å². The summed E-state index contributed by atoms with van der Waals surface area (Å²) >= 11 is 7.68. The number of thiophene rings is 2. The van der Waals surface area contributed by atoms with Gasteiger partial charge in [-0.3, -0.25) is 0 Å². The van der Waals surface area contributed by atoms with Gasteiger partial charge in [0.2, 0.25) is 0 Å². The number of hydrogen-bond acceptors (Lipinski definition) is 5. The zero-order valence-corrected chi connectivity index (χ0v) is 28.5. The zero-order chi connectivity index (χ0) is 29.3. The van der Waals surface area contributed by atoms with Gasteiger partial charge >= 0.3 is 0 Å². The van der Waals surface area contributed by atoms with Crippen LogP contribution in [0.2, 0.25) is 0 Å². The van der Waals surface area contributed by atoms with Gasteiger partial charge in [0, 0.05) is 25.7 Å². The fourth-order valence-electron chi connectivity index (χ4n) is 5.76. The number of aryl methyl sites for hydroxylation is 1. The van der Waals surface area contributed by atoms with Crippen molar-refractivity contribution >= 4 is 85.6 Å². The van der Waals surface area contributed by atoms with Crippen LogP contribution in [0, 0.1) is 11.8 Å². The molecule has 0 saturated heterocycles. The normalized spacial score (nSPS) is 11.7. The van der Waals surface area contributed by atoms with E-state index in [-0.39, 0.29) is 0 Å². The maximum Gasteiger partial charge on any atom is 0.168 e. The molecule has 0 saturated carbocycles. The van der Waals surface area contributed by atoms with E-state index in [1.54, 1.807) is 11.3 Å². The number of thiazole rings is 1. The molecule has 0 unspecified atom stereocenters. The molecule has 1 nitrogen and oxygen atoms in total. The third-order valence-corrected chi connectivity index (χ3v) is 12.8. The second kappa shape index (κ2) is 15.6. The molecule has 0 aliphatic heterocycles. The van der Waals surface area contributed by atoms with Crippen LogP contribution in [-0.4, -0.2) is 16.5 Å². The summed E-state index contributed by atoms with van der Waals surface area (Å²) in [6.45, 7) is 2.30. The Morgan fingerprint density at radius 3 is 2.07 bits per heavy atom. The Hall–Kier alpha value is -2.36. The van der Waals surface area contributed by atoms with Crippen LogP contribution in [0.4, 0.5) is 0 Å². The largest absolute Gasteiger partial charge is 0.228 e. The van der Waals surface area contributed by atoms with Gasteiger partial charge in [-0.05, 0) is 72.6 Å². The van der Waals surface area contributed by atoms with Crippen LogP contribution in [-0.2, 0) is 6.42 Å². The standard InChI is InChI=1S/C38H41NS4/c1-2-3-4-5-6-7-8-9-10-13-24-40-25-14-15-28-18-21-30-34(26-28)42-38-31-22-19-29(27-35(31)43-37(30)38)20-23-36-39-32-16-11-12-17-33(32)41-36/h11-12,16-19,21-22,26-27H,2-10,13-15,24-25H2,1H3. The van der Waals surface area contributed by atoms with Gasteiger partial charge in [0.25, 0.3) is 0 Å². The van der Waals surface area contributed by atoms with Gasteiger partial charge in [0.15, 0.2) is 5.01 Å². The predicted octanol–water partition coefficient (Wildman–Crippen LogP) is 12.9. The van der Waals surface area contributed by atoms with Crippen molar-refractivity contribution in [3.05, 3.63) is 76.8 Å². The van der Waals surface area contributed by atoms with Crippen molar-refractivity contribution in [2.24, 2.45) is 0 Å². The molecule has 0 fully saturated rings. The molecule has 0 amide bonds. The molecule has 3 aromatic carbocycles. The third-order valence-electron chi connectivity index (χ3n) is 8.15. The van der Waals surface area contributed by atoms with Crippen molar-refractivity contribution < 1.29 is 0 Å². The molecular formula is C38H41NS4. The Labute approximate surface area is 273 Å². The molecule has 0 aliphatic rings. The van der Waals surface area contributed by atoms with Crippen molar-refractivity contribution in [2.75, 3.05) is 11.5 Å². The van der Waals surface area contributed by atoms with Gasteiger partial charge in [0.05, 0.1) is 19.6 Å². The van der Waals surface area contributed by atoms with Crippen molar-refractivity contribution in [3.8, 4) is 11.8 Å². The molecule has 0 spiro atoms. The van der Waals surface area contributed by atoms with Gasteiger partial charge in [-0.15, -0.1) is 34.0 Å². The number of fused-ring (bicyclic) bond motifs is 6. The highest BCUT2D eigenvalue weighted by Crippen LogP contribution is 2.44. The van der Waals surface area contributed by atoms with E-state index in [1.807, 2.05) is 34.8 Å². The summed E-state index contributed by atoms with van der Waals surface area (Å²) in [7, 11) is 0. The first-order valence-corrected chi connectivity index (χ1v) is 19.7. The first-order chi connectivity index (χ1) is 21.3. The molecule has 3 aromatic heterocycles. The van der Waals surface area contributed by atoms with E-state index in [0.717, 1.165) is 16.1 Å². The van der Waals surface area contributed by atoms with E-state index >= 15 is 0 Å². The molecule has 0 atom stereocenters. The smallest absolute Gasteiger partial charge is 0.168 e. The highest BCUT2D eigenvalue weighted by molar-refractivity contribution is 7.99. The summed E-state index contributed by atoms with van der Waals surface area (Å²) in [6, 6.07) is 22.1. The van der Waals surface area contributed by atoms with Crippen LogP contribution in [0.15, 0.2) is 60.7 Å². The van der Waals surface area contributed by atoms with E-state index in [4.69, 9.17) is 0 Å². The van der Waals surface area contributed by atoms with Crippen LogP contribution in [0.3, 0.4) is 0 Å². The molecule has 0 radical (unpaired) electrons. The lowest BCUT2D eigenvalue weighted by atomic mass is 10.1. The quantitative estimate of drug-likeness (QED) is 0.0819. The molecular weight excluding hydrogens is 599 g/mol. The van der Waals surface area contributed by atoms with Crippen LogP contribution >= 0.6 is 45.8 Å². The predicted molar refractivity (Wildman–Crippen MR) is 198 cm³/mol. The van der Waals surface area contributed by atoms with E-state index in [0.29, 0.717) is 0 Å². The Morgan fingerprint density at radius 2 is 1.30 bits per heavy atom. The summed E-state index contributed by atoms with van der Waals surface area (Å²) in [5.74, 6) is 9.26. The van der Waals surface area contributed by atoms with Crippen LogP contribution in [0.25, 0.3) is 39.8 Å². The van der Waals surface area contributed by atoms with Crippen molar-refractivity contribution in [1.29, 1.82) is 0 Å². The topological polar surface area (TPSA) is 12.9 Å². The Kier molecular flexibility index (Phi) is 11.1. The number of nitrogens with zero attached hydrogens (tertiary/aromatic N) is 1. The monoisotopic (exact) mass is 639 g/mol. The molecule has 222 valence electrons. The second-order valence-corrected chi connectivity index (χ2v) is 15.9. The Morgan fingerprint density at radius 1 is 0.628 bits per heavy atom. The highest BCUT2D eigenvalue weighted by atomic mass is 32.2. The summed E-state index contributed by atoms with van der Waals surface area (Å²) in [5.41, 5.74) is 3.56. The molecule has 6 rings (SSSR count). The highest BCUT2D eigenvalue weighted by Gasteiger charge is 2.13. The average molecular weight is 640 g/mol. The fraction of sp³-hybridized carbons (Fsp3) is 0.395. The first kappa shape index (κ1) is 30.7. The Balaban J connectivity index is 0.976. The lowest BCUT2D eigenvalue weighted by Crippen LogP contribution is -1.89. The number of aromatic nitrogens is 1. The zero-order valence-electron chi connectivity index (χ0n) is 25.3. The summed E-state index contributed by atoms with van der Waals surface area (Å²) < 4.78 is 6.78. The maximum absolute atomic E-state index is 4.66. The number of rotatable bonds is 15. The number of para-hydroxylation sites is 1. The van der Waals surface area contributed by atoms with E-state index in [2.05, 4.69) is 84.0 Å². The summed E-state index contributed by atoms with van der Waals surface area (Å²) in [6.07, 6.45) is 16.7. The second-order valence-electron chi connectivity index (χ2n) is 11.5. The van der Waals surface area contributed by atoms with Crippen molar-refractivity contribution in [2.45, 2.75) is 84.0 Å². The number of benzene rings is 3. The van der Waals surface area contributed by atoms with Crippen LogP contribution < -0.4 is 0 Å².